The molecule has 2 heterocycles. The Morgan fingerprint density at radius 1 is 1.03 bits per heavy atom. The SMILES string of the molecule is CC[C@@H](O)C[C@@]1(C)C(=O)N(C2CCN([C@@H]3Cc4cccc5cccc3c45)CC2)c2ccccc21. The zero-order chi connectivity index (χ0) is 23.4. The van der Waals surface area contributed by atoms with E-state index in [1.54, 1.807) is 0 Å². The van der Waals surface area contributed by atoms with Gasteiger partial charge in [-0.3, -0.25) is 9.69 Å². The Bertz CT molecular complexity index is 1240. The smallest absolute Gasteiger partial charge is 0.237 e. The highest BCUT2D eigenvalue weighted by Gasteiger charge is 2.50. The fourth-order valence-electron chi connectivity index (χ4n) is 6.81. The number of hydrogen-bond donors (Lipinski definition) is 1. The average Bonchev–Trinajstić information content (AvgIpc) is 3.34. The molecule has 3 atom stereocenters. The molecule has 0 spiro atoms. The lowest BCUT2D eigenvalue weighted by Gasteiger charge is -2.40. The summed E-state index contributed by atoms with van der Waals surface area (Å²) in [7, 11) is 0. The van der Waals surface area contributed by atoms with Gasteiger partial charge in [0, 0.05) is 30.9 Å². The highest BCUT2D eigenvalue weighted by molar-refractivity contribution is 6.08. The Morgan fingerprint density at radius 3 is 2.53 bits per heavy atom. The Hall–Kier alpha value is -2.69. The first-order chi connectivity index (χ1) is 16.5. The van der Waals surface area contributed by atoms with Gasteiger partial charge in [0.05, 0.1) is 11.5 Å². The molecule has 34 heavy (non-hydrogen) atoms. The van der Waals surface area contributed by atoms with Crippen molar-refractivity contribution in [3.05, 3.63) is 77.4 Å². The lowest BCUT2D eigenvalue weighted by Crippen LogP contribution is -2.50. The summed E-state index contributed by atoms with van der Waals surface area (Å²) in [5, 5.41) is 13.2. The van der Waals surface area contributed by atoms with Crippen LogP contribution in [-0.2, 0) is 16.6 Å². The van der Waals surface area contributed by atoms with Gasteiger partial charge in [-0.05, 0) is 72.6 Å². The number of piperidine rings is 1. The molecular weight excluding hydrogens is 420 g/mol. The first-order valence-corrected chi connectivity index (χ1v) is 12.9. The third-order valence-corrected chi connectivity index (χ3v) is 8.66. The quantitative estimate of drug-likeness (QED) is 0.564. The van der Waals surface area contributed by atoms with Crippen molar-refractivity contribution in [3.63, 3.8) is 0 Å². The van der Waals surface area contributed by atoms with Gasteiger partial charge in [0.25, 0.3) is 0 Å². The topological polar surface area (TPSA) is 43.8 Å². The number of amides is 1. The van der Waals surface area contributed by atoms with Crippen molar-refractivity contribution in [2.24, 2.45) is 0 Å². The van der Waals surface area contributed by atoms with Crippen LogP contribution < -0.4 is 4.90 Å². The maximum atomic E-state index is 13.8. The van der Waals surface area contributed by atoms with Gasteiger partial charge in [-0.2, -0.15) is 0 Å². The minimum absolute atomic E-state index is 0.165. The summed E-state index contributed by atoms with van der Waals surface area (Å²) in [5.74, 6) is 0.165. The van der Waals surface area contributed by atoms with Crippen molar-refractivity contribution in [3.8, 4) is 0 Å². The second-order valence-corrected chi connectivity index (χ2v) is 10.6. The highest BCUT2D eigenvalue weighted by Crippen LogP contribution is 2.47. The molecule has 176 valence electrons. The fourth-order valence-corrected chi connectivity index (χ4v) is 6.81. The number of carbonyl (C=O) groups excluding carboxylic acids is 1. The van der Waals surface area contributed by atoms with Crippen molar-refractivity contribution in [1.29, 1.82) is 0 Å². The maximum absolute atomic E-state index is 13.8. The predicted molar refractivity (Wildman–Crippen MR) is 137 cm³/mol. The standard InChI is InChI=1S/C30H34N2O2/c1-3-23(33)19-30(2)25-12-4-5-13-26(25)32(29(30)34)22-14-16-31(17-15-22)27-18-21-10-6-8-20-9-7-11-24(27)28(20)21/h4-13,22-23,27,33H,3,14-19H2,1-2H3/t23-,27-,30-/m1/s1. The van der Waals surface area contributed by atoms with Crippen LogP contribution in [0, 0.1) is 0 Å². The molecule has 1 saturated heterocycles. The first-order valence-electron chi connectivity index (χ1n) is 12.9. The summed E-state index contributed by atoms with van der Waals surface area (Å²) in [5.41, 5.74) is 4.42. The molecule has 0 radical (unpaired) electrons. The molecule has 1 fully saturated rings. The van der Waals surface area contributed by atoms with Gasteiger partial charge < -0.3 is 10.0 Å². The van der Waals surface area contributed by atoms with Gasteiger partial charge in [0.2, 0.25) is 5.91 Å². The van der Waals surface area contributed by atoms with E-state index in [4.69, 9.17) is 0 Å². The van der Waals surface area contributed by atoms with Crippen LogP contribution >= 0.6 is 0 Å². The van der Waals surface area contributed by atoms with Gasteiger partial charge >= 0.3 is 0 Å². The Kier molecular flexibility index (Phi) is 5.27. The first kappa shape index (κ1) is 21.8. The van der Waals surface area contributed by atoms with Gasteiger partial charge in [0.15, 0.2) is 0 Å². The predicted octanol–water partition coefficient (Wildman–Crippen LogP) is 5.37. The number of benzene rings is 3. The van der Waals surface area contributed by atoms with E-state index in [1.807, 2.05) is 26.0 Å². The molecular formula is C30H34N2O2. The molecule has 0 aromatic heterocycles. The summed E-state index contributed by atoms with van der Waals surface area (Å²) >= 11 is 0. The molecule has 0 unspecified atom stereocenters. The third-order valence-electron chi connectivity index (χ3n) is 8.66. The molecule has 4 heteroatoms. The minimum Gasteiger partial charge on any atom is -0.393 e. The lowest BCUT2D eigenvalue weighted by molar-refractivity contribution is -0.124. The third kappa shape index (κ3) is 3.23. The number of nitrogens with zero attached hydrogens (tertiary/aromatic N) is 2. The number of rotatable bonds is 5. The number of para-hydroxylation sites is 1. The fraction of sp³-hybridized carbons (Fsp3) is 0.433. The zero-order valence-electron chi connectivity index (χ0n) is 20.2. The van der Waals surface area contributed by atoms with Crippen LogP contribution in [0.15, 0.2) is 60.7 Å². The summed E-state index contributed by atoms with van der Waals surface area (Å²) in [4.78, 5) is 18.6. The van der Waals surface area contributed by atoms with Crippen LogP contribution in [0.4, 0.5) is 5.69 Å². The van der Waals surface area contributed by atoms with Crippen molar-refractivity contribution >= 4 is 22.4 Å². The van der Waals surface area contributed by atoms with E-state index in [0.29, 0.717) is 18.9 Å². The van der Waals surface area contributed by atoms with Crippen molar-refractivity contribution < 1.29 is 9.90 Å². The molecule has 0 saturated carbocycles. The molecule has 1 N–H and O–H groups in total. The zero-order valence-corrected chi connectivity index (χ0v) is 20.2. The van der Waals surface area contributed by atoms with Crippen molar-refractivity contribution in [2.75, 3.05) is 18.0 Å². The molecule has 1 aliphatic carbocycles. The summed E-state index contributed by atoms with van der Waals surface area (Å²) in [6.07, 6.45) is 3.74. The number of fused-ring (bicyclic) bond motifs is 1. The average molecular weight is 455 g/mol. The van der Waals surface area contributed by atoms with E-state index in [2.05, 4.69) is 58.3 Å². The van der Waals surface area contributed by atoms with Crippen LogP contribution in [0.5, 0.6) is 0 Å². The maximum Gasteiger partial charge on any atom is 0.237 e. The monoisotopic (exact) mass is 454 g/mol. The molecule has 1 amide bonds. The molecule has 4 nitrogen and oxygen atoms in total. The summed E-state index contributed by atoms with van der Waals surface area (Å²) in [6.45, 7) is 6.01. The van der Waals surface area contributed by atoms with Crippen molar-refractivity contribution in [1.82, 2.24) is 4.90 Å². The number of carbonyl (C=O) groups is 1. The highest BCUT2D eigenvalue weighted by atomic mass is 16.3. The van der Waals surface area contributed by atoms with E-state index in [1.165, 1.54) is 21.9 Å². The van der Waals surface area contributed by atoms with Gasteiger partial charge in [-0.1, -0.05) is 61.5 Å². The molecule has 6 rings (SSSR count). The largest absolute Gasteiger partial charge is 0.393 e. The Morgan fingerprint density at radius 2 is 1.76 bits per heavy atom. The van der Waals surface area contributed by atoms with Gasteiger partial charge in [-0.15, -0.1) is 0 Å². The molecule has 3 aromatic rings. The van der Waals surface area contributed by atoms with Crippen LogP contribution in [0.2, 0.25) is 0 Å². The Labute approximate surface area is 202 Å². The number of anilines is 1. The van der Waals surface area contributed by atoms with Crippen LogP contribution in [0.3, 0.4) is 0 Å². The summed E-state index contributed by atoms with van der Waals surface area (Å²) in [6, 6.07) is 22.3. The molecule has 3 aromatic carbocycles. The second kappa shape index (κ2) is 8.21. The number of likely N-dealkylation sites (tertiary alicyclic amines) is 1. The summed E-state index contributed by atoms with van der Waals surface area (Å²) < 4.78 is 0. The van der Waals surface area contributed by atoms with E-state index >= 15 is 0 Å². The van der Waals surface area contributed by atoms with Crippen LogP contribution in [0.1, 0.15) is 62.3 Å². The Balaban J connectivity index is 1.23. The van der Waals surface area contributed by atoms with E-state index in [9.17, 15) is 9.90 Å². The van der Waals surface area contributed by atoms with Crippen molar-refractivity contribution in [2.45, 2.75) is 69.6 Å². The number of hydrogen-bond acceptors (Lipinski definition) is 3. The van der Waals surface area contributed by atoms with E-state index in [-0.39, 0.29) is 11.9 Å². The van der Waals surface area contributed by atoms with Crippen LogP contribution in [-0.4, -0.2) is 41.1 Å². The molecule has 3 aliphatic rings. The van der Waals surface area contributed by atoms with Crippen LogP contribution in [0.25, 0.3) is 10.8 Å². The number of aliphatic hydroxyl groups excluding tert-OH is 1. The van der Waals surface area contributed by atoms with E-state index < -0.39 is 11.5 Å². The molecule has 0 bridgehead atoms. The van der Waals surface area contributed by atoms with E-state index in [0.717, 1.165) is 43.6 Å². The van der Waals surface area contributed by atoms with Gasteiger partial charge in [0.1, 0.15) is 0 Å². The van der Waals surface area contributed by atoms with Gasteiger partial charge in [-0.25, -0.2) is 0 Å². The second-order valence-electron chi connectivity index (χ2n) is 10.6. The number of aliphatic hydroxyl groups is 1. The normalized spacial score (nSPS) is 25.8. The lowest BCUT2D eigenvalue weighted by atomic mass is 9.78. The molecule has 2 aliphatic heterocycles. The minimum atomic E-state index is -0.647.